The van der Waals surface area contributed by atoms with Gasteiger partial charge in [0.15, 0.2) is 5.82 Å². The van der Waals surface area contributed by atoms with Crippen LogP contribution in [0.1, 0.15) is 11.3 Å². The Morgan fingerprint density at radius 3 is 2.89 bits per heavy atom. The van der Waals surface area contributed by atoms with Crippen LogP contribution in [-0.4, -0.2) is 17.0 Å². The summed E-state index contributed by atoms with van der Waals surface area (Å²) in [6.45, 7) is 0.541. The third-order valence-electron chi connectivity index (χ3n) is 2.62. The summed E-state index contributed by atoms with van der Waals surface area (Å²) in [4.78, 5) is 6.14. The molecular weight excluding hydrogens is 349 g/mol. The lowest BCUT2D eigenvalue weighted by Gasteiger charge is -2.20. The van der Waals surface area contributed by atoms with E-state index in [-0.39, 0.29) is 10.8 Å². The van der Waals surface area contributed by atoms with Crippen molar-refractivity contribution in [1.82, 2.24) is 4.98 Å². The van der Waals surface area contributed by atoms with Crippen LogP contribution >= 0.6 is 39.5 Å². The molecule has 0 radical (unpaired) electrons. The van der Waals surface area contributed by atoms with Gasteiger partial charge in [0.2, 0.25) is 0 Å². The van der Waals surface area contributed by atoms with Gasteiger partial charge in [0.05, 0.1) is 27.9 Å². The van der Waals surface area contributed by atoms with Crippen molar-refractivity contribution < 1.29 is 4.39 Å². The average molecular weight is 360 g/mol. The number of aromatic nitrogens is 1. The standard InChI is InChI=1S/C12H11BrFN3S2/c1-17(4-7-5-19-6-16-7)9-3-2-8(12(15)18)10(13)11(9)14/h2-3,5-6H,4H2,1H3,(H2,15,18). The molecule has 3 nitrogen and oxygen atoms in total. The fraction of sp³-hybridized carbons (Fsp3) is 0.167. The largest absolute Gasteiger partial charge is 0.389 e. The lowest BCUT2D eigenvalue weighted by Crippen LogP contribution is -2.19. The van der Waals surface area contributed by atoms with Crippen molar-refractivity contribution in [1.29, 1.82) is 0 Å². The third-order valence-corrected chi connectivity index (χ3v) is 4.25. The number of nitrogens with zero attached hydrogens (tertiary/aromatic N) is 2. The van der Waals surface area contributed by atoms with Gasteiger partial charge >= 0.3 is 0 Å². The fourth-order valence-electron chi connectivity index (χ4n) is 1.67. The summed E-state index contributed by atoms with van der Waals surface area (Å²) < 4.78 is 14.6. The molecule has 2 aromatic rings. The first-order chi connectivity index (χ1) is 9.00. The summed E-state index contributed by atoms with van der Waals surface area (Å²) in [6.07, 6.45) is 0. The predicted octanol–water partition coefficient (Wildman–Crippen LogP) is 3.32. The number of thiocarbonyl (C=S) groups is 1. The van der Waals surface area contributed by atoms with Crippen LogP contribution in [0, 0.1) is 5.82 Å². The molecule has 0 saturated carbocycles. The van der Waals surface area contributed by atoms with E-state index < -0.39 is 0 Å². The van der Waals surface area contributed by atoms with Crippen LogP contribution in [-0.2, 0) is 6.54 Å². The summed E-state index contributed by atoms with van der Waals surface area (Å²) >= 11 is 9.58. The van der Waals surface area contributed by atoms with E-state index in [0.717, 1.165) is 5.69 Å². The minimum atomic E-state index is -0.372. The molecule has 0 fully saturated rings. The Morgan fingerprint density at radius 1 is 1.58 bits per heavy atom. The Balaban J connectivity index is 2.30. The fourth-order valence-corrected chi connectivity index (χ4v) is 3.07. The maximum Gasteiger partial charge on any atom is 0.161 e. The number of nitrogens with two attached hydrogens (primary N) is 1. The van der Waals surface area contributed by atoms with Gasteiger partial charge < -0.3 is 10.6 Å². The molecule has 1 aromatic carbocycles. The van der Waals surface area contributed by atoms with Gasteiger partial charge in [-0.1, -0.05) is 12.2 Å². The molecule has 2 rings (SSSR count). The van der Waals surface area contributed by atoms with E-state index >= 15 is 0 Å². The minimum absolute atomic E-state index is 0.166. The quantitative estimate of drug-likeness (QED) is 0.850. The van der Waals surface area contributed by atoms with Crippen LogP contribution in [0.4, 0.5) is 10.1 Å². The molecule has 1 heterocycles. The van der Waals surface area contributed by atoms with Crippen LogP contribution in [0.3, 0.4) is 0 Å². The van der Waals surface area contributed by atoms with E-state index in [1.807, 2.05) is 12.4 Å². The van der Waals surface area contributed by atoms with Crippen molar-refractivity contribution in [2.24, 2.45) is 5.73 Å². The number of rotatable bonds is 4. The van der Waals surface area contributed by atoms with Crippen LogP contribution in [0.15, 0.2) is 27.5 Å². The van der Waals surface area contributed by atoms with Gasteiger partial charge in [0.25, 0.3) is 0 Å². The zero-order valence-electron chi connectivity index (χ0n) is 10.1. The maximum absolute atomic E-state index is 14.3. The highest BCUT2D eigenvalue weighted by molar-refractivity contribution is 9.10. The van der Waals surface area contributed by atoms with Gasteiger partial charge in [-0.2, -0.15) is 0 Å². The highest BCUT2D eigenvalue weighted by Gasteiger charge is 2.16. The van der Waals surface area contributed by atoms with Crippen molar-refractivity contribution in [3.05, 3.63) is 44.6 Å². The van der Waals surface area contributed by atoms with Crippen LogP contribution in [0.2, 0.25) is 0 Å². The highest BCUT2D eigenvalue weighted by Crippen LogP contribution is 2.29. The van der Waals surface area contributed by atoms with Gasteiger partial charge in [-0.05, 0) is 28.1 Å². The van der Waals surface area contributed by atoms with E-state index in [1.165, 1.54) is 11.3 Å². The zero-order chi connectivity index (χ0) is 14.0. The smallest absolute Gasteiger partial charge is 0.161 e. The topological polar surface area (TPSA) is 42.2 Å². The minimum Gasteiger partial charge on any atom is -0.389 e. The van der Waals surface area contributed by atoms with E-state index in [1.54, 1.807) is 22.5 Å². The normalized spacial score (nSPS) is 10.5. The third kappa shape index (κ3) is 3.10. The summed E-state index contributed by atoms with van der Waals surface area (Å²) in [5, 5.41) is 1.94. The van der Waals surface area contributed by atoms with Gasteiger partial charge in [-0.15, -0.1) is 11.3 Å². The number of hydrogen-bond acceptors (Lipinski definition) is 4. The monoisotopic (exact) mass is 359 g/mol. The number of hydrogen-bond donors (Lipinski definition) is 1. The Hall–Kier alpha value is -1.05. The van der Waals surface area contributed by atoms with Gasteiger partial charge in [0, 0.05) is 18.0 Å². The molecule has 0 spiro atoms. The first kappa shape index (κ1) is 14.4. The van der Waals surface area contributed by atoms with Crippen molar-refractivity contribution in [3.8, 4) is 0 Å². The molecule has 0 aliphatic rings. The molecular formula is C12H11BrFN3S2. The Bertz CT molecular complexity index is 601. The Labute approximate surface area is 128 Å². The molecule has 0 aliphatic heterocycles. The summed E-state index contributed by atoms with van der Waals surface area (Å²) in [5.41, 5.74) is 9.16. The van der Waals surface area contributed by atoms with Crippen molar-refractivity contribution in [3.63, 3.8) is 0 Å². The first-order valence-electron chi connectivity index (χ1n) is 5.36. The van der Waals surface area contributed by atoms with Gasteiger partial charge in [-0.3, -0.25) is 0 Å². The lowest BCUT2D eigenvalue weighted by molar-refractivity contribution is 0.615. The van der Waals surface area contributed by atoms with E-state index in [9.17, 15) is 4.39 Å². The van der Waals surface area contributed by atoms with Crippen LogP contribution in [0.5, 0.6) is 0 Å². The zero-order valence-corrected chi connectivity index (χ0v) is 13.3. The summed E-state index contributed by atoms with van der Waals surface area (Å²) in [5.74, 6) is -0.372. The van der Waals surface area contributed by atoms with E-state index in [0.29, 0.717) is 22.3 Å². The molecule has 100 valence electrons. The predicted molar refractivity (Wildman–Crippen MR) is 84.2 cm³/mol. The molecule has 0 aliphatic carbocycles. The molecule has 1 aromatic heterocycles. The number of benzene rings is 1. The number of halogens is 2. The molecule has 2 N–H and O–H groups in total. The molecule has 7 heteroatoms. The van der Waals surface area contributed by atoms with Crippen molar-refractivity contribution in [2.45, 2.75) is 6.54 Å². The van der Waals surface area contributed by atoms with E-state index in [2.05, 4.69) is 20.9 Å². The van der Waals surface area contributed by atoms with Crippen LogP contribution in [0.25, 0.3) is 0 Å². The second kappa shape index (κ2) is 5.94. The molecule has 0 amide bonds. The molecule has 0 atom stereocenters. The average Bonchev–Trinajstić information content (AvgIpc) is 2.84. The number of anilines is 1. The van der Waals surface area contributed by atoms with Gasteiger partial charge in [0.1, 0.15) is 4.99 Å². The SMILES string of the molecule is CN(Cc1cscn1)c1ccc(C(N)=S)c(Br)c1F. The van der Waals surface area contributed by atoms with E-state index in [4.69, 9.17) is 18.0 Å². The molecule has 0 bridgehead atoms. The Kier molecular flexibility index (Phi) is 4.49. The molecule has 19 heavy (non-hydrogen) atoms. The van der Waals surface area contributed by atoms with Crippen molar-refractivity contribution in [2.75, 3.05) is 11.9 Å². The summed E-state index contributed by atoms with van der Waals surface area (Å²) in [7, 11) is 1.81. The van der Waals surface area contributed by atoms with Gasteiger partial charge in [-0.25, -0.2) is 9.37 Å². The van der Waals surface area contributed by atoms with Crippen LogP contribution < -0.4 is 10.6 Å². The number of thiazole rings is 1. The molecule has 0 saturated heterocycles. The lowest BCUT2D eigenvalue weighted by atomic mass is 10.2. The molecule has 0 unspecified atom stereocenters. The second-order valence-electron chi connectivity index (χ2n) is 3.96. The maximum atomic E-state index is 14.3. The first-order valence-corrected chi connectivity index (χ1v) is 7.51. The second-order valence-corrected chi connectivity index (χ2v) is 5.91. The Morgan fingerprint density at radius 2 is 2.32 bits per heavy atom. The highest BCUT2D eigenvalue weighted by atomic mass is 79.9. The summed E-state index contributed by atoms with van der Waals surface area (Å²) in [6, 6.07) is 3.38. The van der Waals surface area contributed by atoms with Crippen molar-refractivity contribution >= 4 is 50.2 Å².